The summed E-state index contributed by atoms with van der Waals surface area (Å²) in [6.07, 6.45) is 4.42. The van der Waals surface area contributed by atoms with Crippen molar-refractivity contribution in [3.63, 3.8) is 0 Å². The van der Waals surface area contributed by atoms with E-state index in [0.717, 1.165) is 19.3 Å². The number of amides is 1. The SMILES string of the molecule is NNc1nccc(C(=O)NC2CC3CCC2O3)c1F. The summed E-state index contributed by atoms with van der Waals surface area (Å²) in [4.78, 5) is 15.8. The van der Waals surface area contributed by atoms with Crippen LogP contribution in [0.5, 0.6) is 0 Å². The Kier molecular flexibility index (Phi) is 3.08. The molecule has 2 fully saturated rings. The van der Waals surface area contributed by atoms with Gasteiger partial charge in [0.15, 0.2) is 11.6 Å². The molecule has 1 aromatic rings. The van der Waals surface area contributed by atoms with Crippen molar-refractivity contribution in [3.05, 3.63) is 23.6 Å². The van der Waals surface area contributed by atoms with Crippen LogP contribution < -0.4 is 16.6 Å². The van der Waals surface area contributed by atoms with Crippen LogP contribution in [0, 0.1) is 5.82 Å². The number of nitrogens with zero attached hydrogens (tertiary/aromatic N) is 1. The molecule has 2 aliphatic rings. The Labute approximate surface area is 109 Å². The van der Waals surface area contributed by atoms with Crippen LogP contribution in [0.1, 0.15) is 29.6 Å². The average Bonchev–Trinajstić information content (AvgIpc) is 3.01. The number of carbonyl (C=O) groups is 1. The molecule has 2 aliphatic heterocycles. The number of rotatable bonds is 3. The number of fused-ring (bicyclic) bond motifs is 2. The zero-order chi connectivity index (χ0) is 13.4. The summed E-state index contributed by atoms with van der Waals surface area (Å²) in [5.74, 6) is 3.78. The first-order chi connectivity index (χ1) is 9.19. The molecule has 0 radical (unpaired) electrons. The van der Waals surface area contributed by atoms with Gasteiger partial charge in [0.1, 0.15) is 0 Å². The topological polar surface area (TPSA) is 89.3 Å². The van der Waals surface area contributed by atoms with Crippen LogP contribution in [0.2, 0.25) is 0 Å². The molecule has 6 nitrogen and oxygen atoms in total. The molecule has 3 rings (SSSR count). The Balaban J connectivity index is 1.74. The summed E-state index contributed by atoms with van der Waals surface area (Å²) in [7, 11) is 0. The lowest BCUT2D eigenvalue weighted by Crippen LogP contribution is -2.41. The maximum absolute atomic E-state index is 13.9. The number of carbonyl (C=O) groups excluding carboxylic acids is 1. The van der Waals surface area contributed by atoms with Gasteiger partial charge < -0.3 is 15.5 Å². The van der Waals surface area contributed by atoms with E-state index in [0.29, 0.717) is 0 Å². The van der Waals surface area contributed by atoms with Gasteiger partial charge in [0.2, 0.25) is 0 Å². The predicted molar refractivity (Wildman–Crippen MR) is 65.8 cm³/mol. The van der Waals surface area contributed by atoms with Gasteiger partial charge in [0.05, 0.1) is 23.8 Å². The molecule has 3 heterocycles. The Morgan fingerprint density at radius 2 is 2.37 bits per heavy atom. The molecule has 102 valence electrons. The first-order valence-electron chi connectivity index (χ1n) is 6.26. The molecule has 0 aromatic carbocycles. The fourth-order valence-electron chi connectivity index (χ4n) is 2.76. The number of hydrogen-bond acceptors (Lipinski definition) is 5. The lowest BCUT2D eigenvalue weighted by Gasteiger charge is -2.20. The van der Waals surface area contributed by atoms with E-state index in [1.807, 2.05) is 0 Å². The van der Waals surface area contributed by atoms with Gasteiger partial charge in [-0.2, -0.15) is 0 Å². The zero-order valence-electron chi connectivity index (χ0n) is 10.2. The van der Waals surface area contributed by atoms with E-state index < -0.39 is 11.7 Å². The quantitative estimate of drug-likeness (QED) is 0.549. The molecule has 1 aromatic heterocycles. The number of aromatic nitrogens is 1. The Morgan fingerprint density at radius 1 is 1.53 bits per heavy atom. The molecular formula is C12H15FN4O2. The molecule has 7 heteroatoms. The van der Waals surface area contributed by atoms with Crippen molar-refractivity contribution in [1.82, 2.24) is 10.3 Å². The van der Waals surface area contributed by atoms with Gasteiger partial charge in [-0.3, -0.25) is 4.79 Å². The van der Waals surface area contributed by atoms with Crippen LogP contribution in [0.3, 0.4) is 0 Å². The van der Waals surface area contributed by atoms with Crippen LogP contribution in [0.25, 0.3) is 0 Å². The lowest BCUT2D eigenvalue weighted by atomic mass is 9.95. The minimum atomic E-state index is -0.744. The fraction of sp³-hybridized carbons (Fsp3) is 0.500. The lowest BCUT2D eigenvalue weighted by molar-refractivity contribution is 0.0838. The summed E-state index contributed by atoms with van der Waals surface area (Å²) < 4.78 is 19.5. The van der Waals surface area contributed by atoms with Crippen molar-refractivity contribution in [1.29, 1.82) is 0 Å². The smallest absolute Gasteiger partial charge is 0.254 e. The molecule has 4 N–H and O–H groups in total. The van der Waals surface area contributed by atoms with Crippen molar-refractivity contribution in [2.45, 2.75) is 37.5 Å². The van der Waals surface area contributed by atoms with Crippen LogP contribution >= 0.6 is 0 Å². The minimum absolute atomic E-state index is 0.0342. The summed E-state index contributed by atoms with van der Waals surface area (Å²) in [5.41, 5.74) is 2.06. The van der Waals surface area contributed by atoms with E-state index >= 15 is 0 Å². The Morgan fingerprint density at radius 3 is 3.00 bits per heavy atom. The van der Waals surface area contributed by atoms with Gasteiger partial charge in [0.25, 0.3) is 5.91 Å². The van der Waals surface area contributed by atoms with Gasteiger partial charge in [-0.25, -0.2) is 15.2 Å². The van der Waals surface area contributed by atoms with E-state index in [2.05, 4.69) is 15.7 Å². The van der Waals surface area contributed by atoms with Crippen LogP contribution in [-0.2, 0) is 4.74 Å². The number of pyridine rings is 1. The maximum atomic E-state index is 13.9. The number of halogens is 1. The zero-order valence-corrected chi connectivity index (χ0v) is 10.2. The Hall–Kier alpha value is -1.73. The number of nitrogens with one attached hydrogen (secondary N) is 2. The van der Waals surface area contributed by atoms with Gasteiger partial charge >= 0.3 is 0 Å². The number of nitrogen functional groups attached to an aromatic ring is 1. The summed E-state index contributed by atoms with van der Waals surface area (Å²) >= 11 is 0. The maximum Gasteiger partial charge on any atom is 0.254 e. The third-order valence-electron chi connectivity index (χ3n) is 3.69. The second-order valence-corrected chi connectivity index (χ2v) is 4.85. The summed E-state index contributed by atoms with van der Waals surface area (Å²) in [6.45, 7) is 0. The first-order valence-corrected chi connectivity index (χ1v) is 6.26. The van der Waals surface area contributed by atoms with E-state index in [-0.39, 0.29) is 29.6 Å². The van der Waals surface area contributed by atoms with Gasteiger partial charge in [-0.05, 0) is 25.3 Å². The number of ether oxygens (including phenoxy) is 1. The van der Waals surface area contributed by atoms with Crippen LogP contribution in [0.15, 0.2) is 12.3 Å². The Bertz CT molecular complexity index is 511. The summed E-state index contributed by atoms with van der Waals surface area (Å²) in [6, 6.07) is 1.30. The van der Waals surface area contributed by atoms with E-state index in [9.17, 15) is 9.18 Å². The number of anilines is 1. The average molecular weight is 266 g/mol. The fourth-order valence-corrected chi connectivity index (χ4v) is 2.76. The number of hydrazine groups is 1. The highest BCUT2D eigenvalue weighted by Crippen LogP contribution is 2.34. The van der Waals surface area contributed by atoms with Gasteiger partial charge in [-0.1, -0.05) is 0 Å². The molecule has 19 heavy (non-hydrogen) atoms. The highest BCUT2D eigenvalue weighted by Gasteiger charge is 2.41. The third kappa shape index (κ3) is 2.15. The van der Waals surface area contributed by atoms with Crippen molar-refractivity contribution in [2.75, 3.05) is 5.43 Å². The van der Waals surface area contributed by atoms with E-state index in [1.54, 1.807) is 0 Å². The molecule has 3 atom stereocenters. The van der Waals surface area contributed by atoms with Crippen LogP contribution in [-0.4, -0.2) is 29.1 Å². The minimum Gasteiger partial charge on any atom is -0.373 e. The van der Waals surface area contributed by atoms with Crippen molar-refractivity contribution in [2.24, 2.45) is 5.84 Å². The van der Waals surface area contributed by atoms with Gasteiger partial charge in [-0.15, -0.1) is 0 Å². The molecule has 0 aliphatic carbocycles. The molecule has 0 spiro atoms. The monoisotopic (exact) mass is 266 g/mol. The molecule has 3 unspecified atom stereocenters. The number of hydrogen-bond donors (Lipinski definition) is 3. The molecule has 0 saturated carbocycles. The van der Waals surface area contributed by atoms with E-state index in [4.69, 9.17) is 10.6 Å². The largest absolute Gasteiger partial charge is 0.373 e. The normalized spacial score (nSPS) is 28.4. The van der Waals surface area contributed by atoms with Crippen molar-refractivity contribution in [3.8, 4) is 0 Å². The molecule has 2 bridgehead atoms. The summed E-state index contributed by atoms with van der Waals surface area (Å²) in [5, 5.41) is 2.82. The number of nitrogens with two attached hydrogens (primary N) is 1. The van der Waals surface area contributed by atoms with Crippen LogP contribution in [0.4, 0.5) is 10.2 Å². The highest BCUT2D eigenvalue weighted by molar-refractivity contribution is 5.95. The molecule has 1 amide bonds. The van der Waals surface area contributed by atoms with Crippen molar-refractivity contribution >= 4 is 11.7 Å². The van der Waals surface area contributed by atoms with Crippen molar-refractivity contribution < 1.29 is 13.9 Å². The van der Waals surface area contributed by atoms with E-state index in [1.165, 1.54) is 12.3 Å². The second kappa shape index (κ2) is 4.75. The third-order valence-corrected chi connectivity index (χ3v) is 3.69. The van der Waals surface area contributed by atoms with Gasteiger partial charge in [0, 0.05) is 6.20 Å². The highest BCUT2D eigenvalue weighted by atomic mass is 19.1. The molecule has 2 saturated heterocycles. The second-order valence-electron chi connectivity index (χ2n) is 4.85. The molecular weight excluding hydrogens is 251 g/mol. The predicted octanol–water partition coefficient (Wildman–Crippen LogP) is 0.556. The first kappa shape index (κ1) is 12.3. The standard InChI is InChI=1S/C12H15FN4O2/c13-10-7(3-4-15-11(10)17-14)12(18)16-8-5-6-1-2-9(8)19-6/h3-4,6,8-9H,1-2,5,14H2,(H,15,17)(H,16,18).